The molecule has 0 bridgehead atoms. The monoisotopic (exact) mass is 294 g/mol. The van der Waals surface area contributed by atoms with Gasteiger partial charge in [0, 0.05) is 6.04 Å². The number of aryl methyl sites for hydroxylation is 1. The van der Waals surface area contributed by atoms with Gasteiger partial charge in [-0.25, -0.2) is 4.79 Å². The van der Waals surface area contributed by atoms with Crippen molar-refractivity contribution in [1.29, 1.82) is 0 Å². The molecule has 1 aromatic rings. The van der Waals surface area contributed by atoms with Gasteiger partial charge in [-0.15, -0.1) is 0 Å². The van der Waals surface area contributed by atoms with Crippen LogP contribution in [0.4, 0.5) is 4.79 Å². The van der Waals surface area contributed by atoms with E-state index in [2.05, 4.69) is 10.6 Å². The van der Waals surface area contributed by atoms with Gasteiger partial charge in [-0.2, -0.15) is 0 Å². The predicted octanol–water partition coefficient (Wildman–Crippen LogP) is 2.59. The van der Waals surface area contributed by atoms with E-state index in [0.717, 1.165) is 18.6 Å². The van der Waals surface area contributed by atoms with Gasteiger partial charge < -0.3 is 20.2 Å². The number of carbonyl (C=O) groups is 2. The van der Waals surface area contributed by atoms with E-state index in [-0.39, 0.29) is 24.0 Å². The van der Waals surface area contributed by atoms with Crippen molar-refractivity contribution in [2.75, 3.05) is 0 Å². The van der Waals surface area contributed by atoms with E-state index in [9.17, 15) is 9.59 Å². The maximum absolute atomic E-state index is 12.0. The highest BCUT2D eigenvalue weighted by atomic mass is 16.4. The number of carbonyl (C=O) groups excluding carboxylic acids is 1. The molecule has 1 aromatic heterocycles. The highest BCUT2D eigenvalue weighted by Gasteiger charge is 2.28. The van der Waals surface area contributed by atoms with E-state index in [0.29, 0.717) is 18.6 Å². The number of hydrogen-bond donors (Lipinski definition) is 3. The van der Waals surface area contributed by atoms with Crippen molar-refractivity contribution in [2.45, 2.75) is 51.6 Å². The first-order valence-corrected chi connectivity index (χ1v) is 7.32. The van der Waals surface area contributed by atoms with Crippen molar-refractivity contribution in [3.8, 4) is 0 Å². The van der Waals surface area contributed by atoms with Gasteiger partial charge in [0.2, 0.25) is 0 Å². The second-order valence-electron chi connectivity index (χ2n) is 5.69. The summed E-state index contributed by atoms with van der Waals surface area (Å²) >= 11 is 0. The van der Waals surface area contributed by atoms with E-state index in [1.54, 1.807) is 0 Å². The van der Waals surface area contributed by atoms with Crippen molar-refractivity contribution in [1.82, 2.24) is 10.6 Å². The van der Waals surface area contributed by atoms with E-state index in [1.807, 2.05) is 26.0 Å². The molecule has 2 amide bonds. The molecule has 2 rings (SSSR count). The van der Waals surface area contributed by atoms with Crippen LogP contribution in [0.3, 0.4) is 0 Å². The Balaban J connectivity index is 1.82. The molecule has 0 aromatic carbocycles. The summed E-state index contributed by atoms with van der Waals surface area (Å²) < 4.78 is 5.46. The first kappa shape index (κ1) is 15.4. The number of aliphatic carboxylic acids is 1. The summed E-state index contributed by atoms with van der Waals surface area (Å²) in [5, 5.41) is 14.7. The van der Waals surface area contributed by atoms with Gasteiger partial charge in [-0.1, -0.05) is 6.42 Å². The van der Waals surface area contributed by atoms with Crippen molar-refractivity contribution < 1.29 is 19.1 Å². The molecule has 1 fully saturated rings. The number of rotatable bonds is 4. The van der Waals surface area contributed by atoms with Gasteiger partial charge in [0.25, 0.3) is 0 Å². The van der Waals surface area contributed by atoms with Gasteiger partial charge in [0.05, 0.1) is 12.0 Å². The number of nitrogens with one attached hydrogen (secondary N) is 2. The predicted molar refractivity (Wildman–Crippen MR) is 76.9 cm³/mol. The average molecular weight is 294 g/mol. The van der Waals surface area contributed by atoms with Gasteiger partial charge in [0.1, 0.15) is 11.5 Å². The SMILES string of the molecule is Cc1ccc(C(C)NC(=O)NC2CCCC(C(=O)O)C2)o1. The van der Waals surface area contributed by atoms with Crippen LogP contribution in [0.1, 0.15) is 50.2 Å². The molecule has 6 heteroatoms. The van der Waals surface area contributed by atoms with Gasteiger partial charge >= 0.3 is 12.0 Å². The molecule has 1 aliphatic rings. The van der Waals surface area contributed by atoms with Crippen LogP contribution in [0.25, 0.3) is 0 Å². The van der Waals surface area contributed by atoms with Gasteiger partial charge in [0.15, 0.2) is 0 Å². The molecule has 3 unspecified atom stereocenters. The lowest BCUT2D eigenvalue weighted by Crippen LogP contribution is -2.45. The number of carboxylic acids is 1. The zero-order valence-electron chi connectivity index (χ0n) is 12.4. The van der Waals surface area contributed by atoms with Gasteiger partial charge in [-0.3, -0.25) is 4.79 Å². The fourth-order valence-electron chi connectivity index (χ4n) is 2.73. The van der Waals surface area contributed by atoms with Gasteiger partial charge in [-0.05, 0) is 45.2 Å². The minimum Gasteiger partial charge on any atom is -0.481 e. The van der Waals surface area contributed by atoms with Crippen LogP contribution in [0, 0.1) is 12.8 Å². The lowest BCUT2D eigenvalue weighted by atomic mass is 9.86. The summed E-state index contributed by atoms with van der Waals surface area (Å²) in [4.78, 5) is 23.0. The molecule has 0 spiro atoms. The first-order valence-electron chi connectivity index (χ1n) is 7.32. The summed E-state index contributed by atoms with van der Waals surface area (Å²) in [7, 11) is 0. The molecule has 0 aliphatic heterocycles. The Bertz CT molecular complexity index is 512. The van der Waals surface area contributed by atoms with E-state index in [1.165, 1.54) is 0 Å². The molecule has 116 valence electrons. The molecule has 6 nitrogen and oxygen atoms in total. The second kappa shape index (κ2) is 6.65. The Labute approximate surface area is 123 Å². The molecule has 1 saturated carbocycles. The standard InChI is InChI=1S/C15H22N2O4/c1-9-6-7-13(21-9)10(2)16-15(20)17-12-5-3-4-11(8-12)14(18)19/h6-7,10-12H,3-5,8H2,1-2H3,(H,18,19)(H2,16,17,20). The van der Waals surface area contributed by atoms with Crippen LogP contribution in [0.5, 0.6) is 0 Å². The number of carboxylic acid groups (broad SMARTS) is 1. The van der Waals surface area contributed by atoms with E-state index >= 15 is 0 Å². The second-order valence-corrected chi connectivity index (χ2v) is 5.69. The quantitative estimate of drug-likeness (QED) is 0.796. The number of urea groups is 1. The van der Waals surface area contributed by atoms with Crippen LogP contribution >= 0.6 is 0 Å². The number of furan rings is 1. The highest BCUT2D eigenvalue weighted by Crippen LogP contribution is 2.24. The Kier molecular flexibility index (Phi) is 4.88. The maximum atomic E-state index is 12.0. The van der Waals surface area contributed by atoms with Crippen molar-refractivity contribution in [2.24, 2.45) is 5.92 Å². The molecular formula is C15H22N2O4. The lowest BCUT2D eigenvalue weighted by molar-refractivity contribution is -0.143. The summed E-state index contributed by atoms with van der Waals surface area (Å²) in [5.74, 6) is 0.376. The van der Waals surface area contributed by atoms with Crippen LogP contribution < -0.4 is 10.6 Å². The molecule has 0 radical (unpaired) electrons. The largest absolute Gasteiger partial charge is 0.481 e. The Morgan fingerprint density at radius 2 is 2.14 bits per heavy atom. The van der Waals surface area contributed by atoms with Crippen LogP contribution in [-0.4, -0.2) is 23.1 Å². The first-order chi connectivity index (χ1) is 9.95. The third-order valence-electron chi connectivity index (χ3n) is 3.89. The molecular weight excluding hydrogens is 272 g/mol. The smallest absolute Gasteiger partial charge is 0.315 e. The van der Waals surface area contributed by atoms with Crippen molar-refractivity contribution >= 4 is 12.0 Å². The van der Waals surface area contributed by atoms with Crippen LogP contribution in [-0.2, 0) is 4.79 Å². The van der Waals surface area contributed by atoms with E-state index < -0.39 is 5.97 Å². The minimum absolute atomic E-state index is 0.0783. The Morgan fingerprint density at radius 1 is 1.38 bits per heavy atom. The third-order valence-corrected chi connectivity index (χ3v) is 3.89. The zero-order valence-corrected chi connectivity index (χ0v) is 12.4. The maximum Gasteiger partial charge on any atom is 0.315 e. The third kappa shape index (κ3) is 4.24. The fraction of sp³-hybridized carbons (Fsp3) is 0.600. The topological polar surface area (TPSA) is 91.6 Å². The fourth-order valence-corrected chi connectivity index (χ4v) is 2.73. The zero-order chi connectivity index (χ0) is 15.4. The molecule has 3 N–H and O–H groups in total. The molecule has 1 aliphatic carbocycles. The normalized spacial score (nSPS) is 23.3. The Hall–Kier alpha value is -1.98. The lowest BCUT2D eigenvalue weighted by Gasteiger charge is -2.27. The summed E-state index contributed by atoms with van der Waals surface area (Å²) in [5.41, 5.74) is 0. The van der Waals surface area contributed by atoms with Crippen molar-refractivity contribution in [3.63, 3.8) is 0 Å². The molecule has 3 atom stereocenters. The molecule has 21 heavy (non-hydrogen) atoms. The highest BCUT2D eigenvalue weighted by molar-refractivity contribution is 5.75. The van der Waals surface area contributed by atoms with Crippen LogP contribution in [0.15, 0.2) is 16.5 Å². The number of amides is 2. The van der Waals surface area contributed by atoms with E-state index in [4.69, 9.17) is 9.52 Å². The molecule has 0 saturated heterocycles. The summed E-state index contributed by atoms with van der Waals surface area (Å²) in [6.45, 7) is 3.70. The average Bonchev–Trinajstić information content (AvgIpc) is 2.85. The summed E-state index contributed by atoms with van der Waals surface area (Å²) in [6, 6.07) is 3.10. The summed E-state index contributed by atoms with van der Waals surface area (Å²) in [6.07, 6.45) is 2.84. The molecule has 1 heterocycles. The van der Waals surface area contributed by atoms with Crippen LogP contribution in [0.2, 0.25) is 0 Å². The number of hydrogen-bond acceptors (Lipinski definition) is 3. The van der Waals surface area contributed by atoms with Crippen molar-refractivity contribution in [3.05, 3.63) is 23.7 Å². The Morgan fingerprint density at radius 3 is 2.76 bits per heavy atom. The minimum atomic E-state index is -0.777.